The van der Waals surface area contributed by atoms with E-state index >= 15 is 0 Å². The third kappa shape index (κ3) is 8.17. The highest BCUT2D eigenvalue weighted by Gasteiger charge is 2.20. The Bertz CT molecular complexity index is 1930. The van der Waals surface area contributed by atoms with Crippen molar-refractivity contribution in [3.05, 3.63) is 83.4 Å². The molecule has 17 heteroatoms. The Labute approximate surface area is 273 Å². The zero-order valence-electron chi connectivity index (χ0n) is 25.9. The van der Waals surface area contributed by atoms with Gasteiger partial charge in [0.05, 0.1) is 27.8 Å². The van der Waals surface area contributed by atoms with Crippen LogP contribution >= 0.6 is 11.6 Å². The fourth-order valence-electron chi connectivity index (χ4n) is 4.61. The minimum atomic E-state index is -0.596. The number of anilines is 4. The Morgan fingerprint density at radius 3 is 1.26 bits per heavy atom. The largest absolute Gasteiger partial charge is 0.370 e. The molecule has 4 rings (SSSR count). The lowest BCUT2D eigenvalue weighted by Crippen LogP contribution is -2.29. The number of nitrogens with one attached hydrogen (secondary N) is 5. The van der Waals surface area contributed by atoms with E-state index in [0.717, 1.165) is 0 Å². The number of amides is 6. The molecular formula is C30H33ClN10O6. The third-order valence-electron chi connectivity index (χ3n) is 6.89. The molecule has 0 bridgehead atoms. The van der Waals surface area contributed by atoms with E-state index in [1.165, 1.54) is 48.7 Å². The first-order chi connectivity index (χ1) is 22.1. The van der Waals surface area contributed by atoms with E-state index in [9.17, 15) is 28.8 Å². The second kappa shape index (κ2) is 13.9. The molecule has 246 valence electrons. The Hall–Kier alpha value is -6.03. The maximum Gasteiger partial charge on any atom is 0.272 e. The van der Waals surface area contributed by atoms with Crippen molar-refractivity contribution in [3.63, 3.8) is 0 Å². The molecule has 16 nitrogen and oxygen atoms in total. The number of rotatable bonds is 12. The average Bonchev–Trinajstić information content (AvgIpc) is 3.73. The van der Waals surface area contributed by atoms with Crippen molar-refractivity contribution in [3.8, 4) is 0 Å². The van der Waals surface area contributed by atoms with Crippen LogP contribution in [0, 0.1) is 0 Å². The number of carbonyl (C=O) groups excluding carboxylic acids is 6. The van der Waals surface area contributed by atoms with E-state index in [-0.39, 0.29) is 40.8 Å². The van der Waals surface area contributed by atoms with E-state index in [0.29, 0.717) is 22.7 Å². The second-order valence-corrected chi connectivity index (χ2v) is 11.0. The average molecular weight is 665 g/mol. The van der Waals surface area contributed by atoms with Crippen molar-refractivity contribution in [2.24, 2.45) is 33.9 Å². The molecule has 0 aliphatic carbocycles. The second-order valence-electron chi connectivity index (χ2n) is 10.6. The summed E-state index contributed by atoms with van der Waals surface area (Å²) in [5.41, 5.74) is 7.45. The van der Waals surface area contributed by atoms with Crippen molar-refractivity contribution in [2.75, 3.05) is 27.8 Å². The number of hydrogen-bond donors (Lipinski definition) is 6. The Morgan fingerprint density at radius 2 is 0.936 bits per heavy atom. The number of aryl methyl sites for hydroxylation is 4. The molecule has 0 unspecified atom stereocenters. The number of halogens is 1. The van der Waals surface area contributed by atoms with Gasteiger partial charge in [0.1, 0.15) is 22.8 Å². The first-order valence-electron chi connectivity index (χ1n) is 13.9. The van der Waals surface area contributed by atoms with Crippen LogP contribution in [-0.2, 0) is 37.8 Å². The molecule has 0 fully saturated rings. The summed E-state index contributed by atoms with van der Waals surface area (Å²) in [7, 11) is 6.53. The van der Waals surface area contributed by atoms with Crippen molar-refractivity contribution in [2.45, 2.75) is 6.42 Å². The first-order valence-corrected chi connectivity index (χ1v) is 14.3. The van der Waals surface area contributed by atoms with Crippen LogP contribution in [0.25, 0.3) is 0 Å². The van der Waals surface area contributed by atoms with Crippen LogP contribution in [0.5, 0.6) is 0 Å². The van der Waals surface area contributed by atoms with Gasteiger partial charge < -0.3 is 50.6 Å². The van der Waals surface area contributed by atoms with Gasteiger partial charge in [-0.3, -0.25) is 28.8 Å². The lowest BCUT2D eigenvalue weighted by molar-refractivity contribution is -0.118. The summed E-state index contributed by atoms with van der Waals surface area (Å²) in [5, 5.41) is 13.1. The van der Waals surface area contributed by atoms with Crippen LogP contribution in [0.3, 0.4) is 0 Å². The molecule has 4 aromatic rings. The number of carbonyl (C=O) groups is 6. The monoisotopic (exact) mass is 664 g/mol. The van der Waals surface area contributed by atoms with E-state index in [2.05, 4.69) is 33.2 Å². The molecule has 0 aromatic carbocycles. The van der Waals surface area contributed by atoms with Crippen LogP contribution in [0.1, 0.15) is 48.4 Å². The summed E-state index contributed by atoms with van der Waals surface area (Å²) in [6.07, 6.45) is 6.22. The van der Waals surface area contributed by atoms with Crippen molar-refractivity contribution in [1.82, 2.24) is 23.6 Å². The van der Waals surface area contributed by atoms with Gasteiger partial charge in [0.25, 0.3) is 29.5 Å². The molecule has 4 heterocycles. The molecular weight excluding hydrogens is 632 g/mol. The van der Waals surface area contributed by atoms with E-state index in [1.807, 2.05) is 0 Å². The maximum atomic E-state index is 13.1. The fourth-order valence-corrected chi connectivity index (χ4v) is 4.66. The van der Waals surface area contributed by atoms with Gasteiger partial charge in [-0.2, -0.15) is 0 Å². The molecule has 6 amide bonds. The van der Waals surface area contributed by atoms with E-state index < -0.39 is 35.4 Å². The zero-order valence-corrected chi connectivity index (χ0v) is 26.7. The van der Waals surface area contributed by atoms with Crippen molar-refractivity contribution < 1.29 is 28.8 Å². The maximum absolute atomic E-state index is 13.1. The fraction of sp³-hybridized carbons (Fsp3) is 0.200. The molecule has 0 atom stereocenters. The molecule has 0 saturated heterocycles. The topological polar surface area (TPSA) is 208 Å². The minimum absolute atomic E-state index is 0.000669. The van der Waals surface area contributed by atoms with Gasteiger partial charge in [-0.15, -0.1) is 0 Å². The highest BCUT2D eigenvalue weighted by molar-refractivity contribution is 6.43. The van der Waals surface area contributed by atoms with Crippen LogP contribution in [-0.4, -0.2) is 60.3 Å². The summed E-state index contributed by atoms with van der Waals surface area (Å²) < 4.78 is 6.10. The highest BCUT2D eigenvalue weighted by Crippen LogP contribution is 2.21. The zero-order chi connectivity index (χ0) is 34.6. The quantitative estimate of drug-likeness (QED) is 0.125. The van der Waals surface area contributed by atoms with Crippen molar-refractivity contribution in [1.29, 1.82) is 0 Å². The van der Waals surface area contributed by atoms with Gasteiger partial charge in [0, 0.05) is 65.9 Å². The molecule has 0 saturated carbocycles. The van der Waals surface area contributed by atoms with Gasteiger partial charge >= 0.3 is 0 Å². The summed E-state index contributed by atoms with van der Waals surface area (Å²) >= 11 is 5.61. The molecule has 0 aliphatic rings. The van der Waals surface area contributed by atoms with Crippen LogP contribution in [0.2, 0.25) is 0 Å². The van der Waals surface area contributed by atoms with Crippen LogP contribution in [0.15, 0.2) is 60.7 Å². The Balaban J connectivity index is 1.38. The van der Waals surface area contributed by atoms with E-state index in [1.54, 1.807) is 46.8 Å². The minimum Gasteiger partial charge on any atom is -0.370 e. The summed E-state index contributed by atoms with van der Waals surface area (Å²) in [5.74, 6) is -3.03. The van der Waals surface area contributed by atoms with Gasteiger partial charge in [-0.25, -0.2) is 0 Å². The summed E-state index contributed by atoms with van der Waals surface area (Å²) in [6, 6.07) is 5.94. The van der Waals surface area contributed by atoms with Gasteiger partial charge in [0.15, 0.2) is 0 Å². The molecule has 0 spiro atoms. The normalized spacial score (nSPS) is 10.7. The summed E-state index contributed by atoms with van der Waals surface area (Å²) in [6.45, 7) is 3.45. The number of hydrogen-bond acceptors (Lipinski definition) is 6. The van der Waals surface area contributed by atoms with Crippen molar-refractivity contribution >= 4 is 69.8 Å². The standard InChI is InChI=1S/C30H33ClN10O6/c1-16(31)26(43)34-17-9-22(39(3)12-17)28(45)36-19-11-24(41(5)14-19)30(47)37-20-10-23(40(4)15-20)29(46)35-18-8-21(38(2)13-18)27(44)33-7-6-25(32)42/h8-15H,1,6-7H2,2-5H3,(H2,32,42)(H,33,44)(H,34,43)(H,35,46)(H,36,45)(H,37,47). The Morgan fingerprint density at radius 1 is 0.617 bits per heavy atom. The lowest BCUT2D eigenvalue weighted by atomic mass is 10.3. The smallest absolute Gasteiger partial charge is 0.272 e. The van der Waals surface area contributed by atoms with Crippen LogP contribution in [0.4, 0.5) is 22.7 Å². The molecule has 4 aromatic heterocycles. The number of primary amides is 1. The van der Waals surface area contributed by atoms with Crippen LogP contribution < -0.4 is 32.3 Å². The number of nitrogens with zero attached hydrogens (tertiary/aromatic N) is 4. The van der Waals surface area contributed by atoms with Gasteiger partial charge in [0.2, 0.25) is 5.91 Å². The van der Waals surface area contributed by atoms with Gasteiger partial charge in [-0.05, 0) is 24.3 Å². The highest BCUT2D eigenvalue weighted by atomic mass is 35.5. The third-order valence-corrected chi connectivity index (χ3v) is 7.06. The molecule has 0 aliphatic heterocycles. The predicted octanol–water partition coefficient (Wildman–Crippen LogP) is 2.09. The van der Waals surface area contributed by atoms with Gasteiger partial charge in [-0.1, -0.05) is 18.2 Å². The SMILES string of the molecule is C=C(Cl)C(=O)Nc1cc(C(=O)Nc2cc(C(=O)Nc3cc(C(=O)Nc4cc(C(=O)NCCC(N)=O)n(C)c4)n(C)c3)n(C)c2)n(C)c1. The molecule has 0 radical (unpaired) electrons. The summed E-state index contributed by atoms with van der Waals surface area (Å²) in [4.78, 5) is 74.2. The molecule has 7 N–H and O–H groups in total. The predicted molar refractivity (Wildman–Crippen MR) is 175 cm³/mol. The number of nitrogens with two attached hydrogens (primary N) is 1. The lowest BCUT2D eigenvalue weighted by Gasteiger charge is -2.04. The van der Waals surface area contributed by atoms with E-state index in [4.69, 9.17) is 17.3 Å². The number of aromatic nitrogens is 4. The first kappa shape index (κ1) is 33.9. The Kier molecular flexibility index (Phi) is 10.0. The molecule has 47 heavy (non-hydrogen) atoms.